The lowest BCUT2D eigenvalue weighted by atomic mass is 9.44. The van der Waals surface area contributed by atoms with Crippen LogP contribution in [0.15, 0.2) is 12.2 Å². The third-order valence-electron chi connectivity index (χ3n) is 9.90. The molecule has 5 fully saturated rings. The molecule has 1 aliphatic heterocycles. The molecule has 4 saturated carbocycles. The normalized spacial score (nSPS) is 51.2. The van der Waals surface area contributed by atoms with Gasteiger partial charge in [-0.1, -0.05) is 32.4 Å². The summed E-state index contributed by atoms with van der Waals surface area (Å²) in [5, 5.41) is 3.43. The van der Waals surface area contributed by atoms with Crippen molar-refractivity contribution in [3.8, 4) is 0 Å². The number of allylic oxidation sites excluding steroid dienone is 1. The maximum atomic E-state index is 13.3. The molecule has 0 radical (unpaired) electrons. The van der Waals surface area contributed by atoms with Crippen molar-refractivity contribution < 1.29 is 9.59 Å². The molecule has 0 aromatic rings. The number of nitrogens with one attached hydrogen (secondary N) is 1. The van der Waals surface area contributed by atoms with Gasteiger partial charge in [0.25, 0.3) is 0 Å². The number of rotatable bonds is 2. The fourth-order valence-corrected chi connectivity index (χ4v) is 8.11. The molecule has 1 unspecified atom stereocenters. The van der Waals surface area contributed by atoms with Gasteiger partial charge in [0.2, 0.25) is 11.6 Å². The summed E-state index contributed by atoms with van der Waals surface area (Å²) in [4.78, 5) is 26.7. The Morgan fingerprint density at radius 2 is 1.71 bits per heavy atom. The Morgan fingerprint density at radius 1 is 0.893 bits per heavy atom. The van der Waals surface area contributed by atoms with Gasteiger partial charge in [-0.3, -0.25) is 9.59 Å². The first-order valence-electron chi connectivity index (χ1n) is 11.9. The Bertz CT molecular complexity index is 693. The lowest BCUT2D eigenvalue weighted by molar-refractivity contribution is -0.167. The van der Waals surface area contributed by atoms with E-state index >= 15 is 0 Å². The second kappa shape index (κ2) is 6.79. The molecule has 0 bridgehead atoms. The van der Waals surface area contributed by atoms with Crippen LogP contribution in [-0.4, -0.2) is 24.7 Å². The minimum absolute atomic E-state index is 0.000494. The van der Waals surface area contributed by atoms with Crippen LogP contribution >= 0.6 is 0 Å². The smallest absolute Gasteiger partial charge is 0.202 e. The highest BCUT2D eigenvalue weighted by molar-refractivity contribution is 6.39. The molecule has 0 spiro atoms. The first-order chi connectivity index (χ1) is 13.4. The highest BCUT2D eigenvalue weighted by Gasteiger charge is 2.63. The maximum absolute atomic E-state index is 13.3. The summed E-state index contributed by atoms with van der Waals surface area (Å²) in [5.41, 5.74) is 0.369. The number of Topliss-reactive ketones (excluding diaryl/α,β-unsaturated/α-hetero) is 2. The first-order valence-corrected chi connectivity index (χ1v) is 11.9. The minimum atomic E-state index is -0.0305. The van der Waals surface area contributed by atoms with Crippen LogP contribution < -0.4 is 5.32 Å². The summed E-state index contributed by atoms with van der Waals surface area (Å²) in [5.74, 6) is 2.07. The Morgan fingerprint density at radius 3 is 2.50 bits per heavy atom. The molecule has 28 heavy (non-hydrogen) atoms. The standard InChI is InChI=1S/C25H37NO2/c1-24-10-3-4-18(24)21-19(8-11-24)25(2)12-7-16(5-6-17-9-13-26-15-17)14-20(25)22(27)23(21)28/h5-6,16-21,26H,3-4,7-15H2,1-2H3/t16-,17+,18+,19+,20?,21+,24+,25-/m1/s1. The summed E-state index contributed by atoms with van der Waals surface area (Å²) in [7, 11) is 0. The van der Waals surface area contributed by atoms with Crippen LogP contribution in [0, 0.1) is 46.3 Å². The van der Waals surface area contributed by atoms with E-state index < -0.39 is 0 Å². The third kappa shape index (κ3) is 2.79. The zero-order valence-electron chi connectivity index (χ0n) is 17.7. The van der Waals surface area contributed by atoms with Crippen molar-refractivity contribution in [1.29, 1.82) is 0 Å². The van der Waals surface area contributed by atoms with Gasteiger partial charge >= 0.3 is 0 Å². The van der Waals surface area contributed by atoms with Gasteiger partial charge < -0.3 is 5.32 Å². The SMILES string of the molecule is C[C@@]12CCC[C@H]1[C@@H]1C(=O)C(=O)C3C[C@H](C=C[C@H]4CCNC4)CC[C@]3(C)[C@H]1CC2. The van der Waals surface area contributed by atoms with Crippen LogP contribution in [0.2, 0.25) is 0 Å². The molecular weight excluding hydrogens is 346 g/mol. The second-order valence-electron chi connectivity index (χ2n) is 11.3. The molecule has 3 nitrogen and oxygen atoms in total. The largest absolute Gasteiger partial charge is 0.316 e. The predicted molar refractivity (Wildman–Crippen MR) is 111 cm³/mol. The van der Waals surface area contributed by atoms with Crippen LogP contribution in [-0.2, 0) is 9.59 Å². The molecule has 1 N–H and O–H groups in total. The van der Waals surface area contributed by atoms with Crippen LogP contribution in [0.4, 0.5) is 0 Å². The van der Waals surface area contributed by atoms with E-state index in [9.17, 15) is 9.59 Å². The Kier molecular flexibility index (Phi) is 4.61. The highest BCUT2D eigenvalue weighted by Crippen LogP contribution is 2.65. The fourth-order valence-electron chi connectivity index (χ4n) is 8.11. The molecule has 5 rings (SSSR count). The van der Waals surface area contributed by atoms with E-state index in [1.54, 1.807) is 0 Å². The number of carbonyl (C=O) groups is 2. The van der Waals surface area contributed by atoms with E-state index in [2.05, 4.69) is 31.3 Å². The highest BCUT2D eigenvalue weighted by atomic mass is 16.2. The molecule has 4 aliphatic carbocycles. The molecule has 1 heterocycles. The number of hydrogen-bond acceptors (Lipinski definition) is 3. The Labute approximate surface area is 170 Å². The average molecular weight is 384 g/mol. The lowest BCUT2D eigenvalue weighted by Gasteiger charge is -2.58. The van der Waals surface area contributed by atoms with Gasteiger partial charge in [-0.05, 0) is 92.4 Å². The van der Waals surface area contributed by atoms with Gasteiger partial charge in [0, 0.05) is 18.4 Å². The fraction of sp³-hybridized carbons (Fsp3) is 0.840. The molecule has 1 saturated heterocycles. The van der Waals surface area contributed by atoms with Crippen molar-refractivity contribution in [3.63, 3.8) is 0 Å². The second-order valence-corrected chi connectivity index (χ2v) is 11.3. The third-order valence-corrected chi connectivity index (χ3v) is 9.90. The van der Waals surface area contributed by atoms with Crippen LogP contribution in [0.25, 0.3) is 0 Å². The quantitative estimate of drug-likeness (QED) is 0.562. The lowest BCUT2D eigenvalue weighted by Crippen LogP contribution is -2.60. The van der Waals surface area contributed by atoms with Crippen molar-refractivity contribution in [2.45, 2.75) is 71.6 Å². The van der Waals surface area contributed by atoms with Crippen molar-refractivity contribution in [1.82, 2.24) is 5.32 Å². The summed E-state index contributed by atoms with van der Waals surface area (Å²) < 4.78 is 0. The van der Waals surface area contributed by atoms with Gasteiger partial charge in [0.05, 0.1) is 0 Å². The first kappa shape index (κ1) is 19.0. The molecule has 0 amide bonds. The number of fused-ring (bicyclic) bond motifs is 5. The van der Waals surface area contributed by atoms with E-state index in [1.165, 1.54) is 32.1 Å². The van der Waals surface area contributed by atoms with Crippen molar-refractivity contribution >= 4 is 11.6 Å². The van der Waals surface area contributed by atoms with E-state index in [1.807, 2.05) is 0 Å². The molecule has 0 aromatic heterocycles. The zero-order chi connectivity index (χ0) is 19.5. The van der Waals surface area contributed by atoms with E-state index in [0.717, 1.165) is 38.8 Å². The average Bonchev–Trinajstić information content (AvgIpc) is 3.33. The van der Waals surface area contributed by atoms with Crippen molar-refractivity contribution in [3.05, 3.63) is 12.2 Å². The van der Waals surface area contributed by atoms with E-state index in [0.29, 0.717) is 29.1 Å². The van der Waals surface area contributed by atoms with Gasteiger partial charge in [-0.25, -0.2) is 0 Å². The summed E-state index contributed by atoms with van der Waals surface area (Å²) in [6.45, 7) is 6.98. The van der Waals surface area contributed by atoms with Crippen LogP contribution in [0.5, 0.6) is 0 Å². The van der Waals surface area contributed by atoms with Crippen LogP contribution in [0.3, 0.4) is 0 Å². The Hall–Kier alpha value is -0.960. The van der Waals surface area contributed by atoms with Crippen molar-refractivity contribution in [2.24, 2.45) is 46.3 Å². The molecule has 3 heteroatoms. The zero-order valence-corrected chi connectivity index (χ0v) is 17.7. The molecule has 0 aromatic carbocycles. The van der Waals surface area contributed by atoms with Gasteiger partial charge in [0.15, 0.2) is 0 Å². The van der Waals surface area contributed by atoms with E-state index in [4.69, 9.17) is 0 Å². The van der Waals surface area contributed by atoms with Gasteiger partial charge in [-0.15, -0.1) is 0 Å². The molecule has 154 valence electrons. The molecule has 5 aliphatic rings. The maximum Gasteiger partial charge on any atom is 0.202 e. The number of ketones is 2. The number of hydrogen-bond donors (Lipinski definition) is 1. The topological polar surface area (TPSA) is 46.2 Å². The number of carbonyl (C=O) groups excluding carboxylic acids is 2. The Balaban J connectivity index is 1.38. The van der Waals surface area contributed by atoms with Gasteiger partial charge in [0.1, 0.15) is 0 Å². The monoisotopic (exact) mass is 383 g/mol. The summed E-state index contributed by atoms with van der Waals surface area (Å²) in [6.07, 6.45) is 15.3. The molecular formula is C25H37NO2. The van der Waals surface area contributed by atoms with E-state index in [-0.39, 0.29) is 28.8 Å². The minimum Gasteiger partial charge on any atom is -0.316 e. The predicted octanol–water partition coefficient (Wildman–Crippen LogP) is 4.56. The van der Waals surface area contributed by atoms with Crippen LogP contribution in [0.1, 0.15) is 71.6 Å². The summed E-state index contributed by atoms with van der Waals surface area (Å²) >= 11 is 0. The van der Waals surface area contributed by atoms with Crippen molar-refractivity contribution in [2.75, 3.05) is 13.1 Å². The van der Waals surface area contributed by atoms with Gasteiger partial charge in [-0.2, -0.15) is 0 Å². The molecule has 8 atom stereocenters. The summed E-state index contributed by atoms with van der Waals surface area (Å²) in [6, 6.07) is 0.